The van der Waals surface area contributed by atoms with Crippen LogP contribution in [-0.2, 0) is 17.9 Å². The Morgan fingerprint density at radius 3 is 2.81 bits per heavy atom. The predicted molar refractivity (Wildman–Crippen MR) is 97.8 cm³/mol. The summed E-state index contributed by atoms with van der Waals surface area (Å²) in [5, 5.41) is 3.00. The summed E-state index contributed by atoms with van der Waals surface area (Å²) in [6, 6.07) is 10.2. The van der Waals surface area contributed by atoms with Gasteiger partial charge in [-0.15, -0.1) is 0 Å². The van der Waals surface area contributed by atoms with Crippen LogP contribution >= 0.6 is 0 Å². The van der Waals surface area contributed by atoms with Crippen molar-refractivity contribution < 1.29 is 18.6 Å². The van der Waals surface area contributed by atoms with Crippen molar-refractivity contribution in [2.45, 2.75) is 33.1 Å². The Balaban J connectivity index is 1.66. The van der Waals surface area contributed by atoms with Gasteiger partial charge in [0, 0.05) is 16.8 Å². The number of benzene rings is 2. The molecule has 0 aromatic heterocycles. The first-order chi connectivity index (χ1) is 12.5. The first-order valence-corrected chi connectivity index (χ1v) is 8.37. The van der Waals surface area contributed by atoms with Crippen LogP contribution in [0, 0.1) is 5.82 Å². The lowest BCUT2D eigenvalue weighted by atomic mass is 10.1. The number of nitrogens with zero attached hydrogens (tertiary/aromatic N) is 1. The molecule has 1 aliphatic rings. The number of aliphatic imine (C=N–C) groups is 1. The van der Waals surface area contributed by atoms with Crippen molar-refractivity contribution in [1.82, 2.24) is 0 Å². The second-order valence-corrected chi connectivity index (χ2v) is 6.18. The molecule has 1 heterocycles. The van der Waals surface area contributed by atoms with Gasteiger partial charge in [-0.3, -0.25) is 0 Å². The Bertz CT molecular complexity index is 791. The van der Waals surface area contributed by atoms with Gasteiger partial charge in [0.2, 0.25) is 0 Å². The lowest BCUT2D eigenvalue weighted by molar-refractivity contribution is -0.0172. The molecule has 3 N–H and O–H groups in total. The molecule has 3 rings (SSSR count). The Morgan fingerprint density at radius 1 is 1.31 bits per heavy atom. The topological polar surface area (TPSA) is 78.1 Å². The summed E-state index contributed by atoms with van der Waals surface area (Å²) in [5.41, 5.74) is 8.03. The summed E-state index contributed by atoms with van der Waals surface area (Å²) in [6.07, 6.45) is 0.116. The fourth-order valence-corrected chi connectivity index (χ4v) is 2.62. The normalized spacial score (nSPS) is 13.9. The van der Waals surface area contributed by atoms with Crippen LogP contribution < -0.4 is 20.5 Å². The number of hydrogen-bond acceptors (Lipinski definition) is 4. The third-order valence-electron chi connectivity index (χ3n) is 3.67. The Hall–Kier alpha value is -2.80. The van der Waals surface area contributed by atoms with E-state index in [1.807, 2.05) is 38.1 Å². The smallest absolute Gasteiger partial charge is 0.193 e. The molecule has 0 unspecified atom stereocenters. The van der Waals surface area contributed by atoms with Crippen molar-refractivity contribution in [3.63, 3.8) is 0 Å². The van der Waals surface area contributed by atoms with E-state index in [9.17, 15) is 4.39 Å². The first-order valence-electron chi connectivity index (χ1n) is 8.37. The van der Waals surface area contributed by atoms with E-state index in [2.05, 4.69) is 10.3 Å². The molecule has 0 spiro atoms. The third kappa shape index (κ3) is 4.64. The molecule has 0 saturated heterocycles. The molecular weight excluding hydrogens is 337 g/mol. The van der Waals surface area contributed by atoms with E-state index in [1.54, 1.807) is 0 Å². The highest BCUT2D eigenvalue weighted by molar-refractivity contribution is 5.92. The van der Waals surface area contributed by atoms with Gasteiger partial charge in [0.05, 0.1) is 19.3 Å². The molecule has 0 radical (unpaired) electrons. The molecule has 0 amide bonds. The van der Waals surface area contributed by atoms with Crippen LogP contribution in [0.2, 0.25) is 0 Å². The van der Waals surface area contributed by atoms with Crippen LogP contribution in [0.3, 0.4) is 0 Å². The quantitative estimate of drug-likeness (QED) is 0.632. The number of ether oxygens (including phenoxy) is 3. The van der Waals surface area contributed by atoms with Gasteiger partial charge >= 0.3 is 0 Å². The molecule has 26 heavy (non-hydrogen) atoms. The minimum absolute atomic E-state index is 0.116. The summed E-state index contributed by atoms with van der Waals surface area (Å²) in [6.45, 7) is 4.61. The van der Waals surface area contributed by atoms with Crippen molar-refractivity contribution in [2.75, 3.05) is 12.1 Å². The van der Waals surface area contributed by atoms with Crippen molar-refractivity contribution in [1.29, 1.82) is 0 Å². The first kappa shape index (κ1) is 18.0. The van der Waals surface area contributed by atoms with Gasteiger partial charge in [-0.2, -0.15) is 0 Å². The number of nitrogens with one attached hydrogen (secondary N) is 1. The fourth-order valence-electron chi connectivity index (χ4n) is 2.62. The summed E-state index contributed by atoms with van der Waals surface area (Å²) in [7, 11) is 0. The highest BCUT2D eigenvalue weighted by Gasteiger charge is 2.16. The zero-order chi connectivity index (χ0) is 18.5. The number of hydrogen-bond donors (Lipinski definition) is 2. The second-order valence-electron chi connectivity index (χ2n) is 6.18. The standard InChI is InChI=1S/C19H22FN3O3/c1-12(2)26-17-5-3-16(4-6-17)23-19(21)22-9-13-7-15(20)8-14-10-24-11-25-18(13)14/h3-8,12H,9-11H2,1-2H3,(H3,21,22,23). The fraction of sp³-hybridized carbons (Fsp3) is 0.316. The van der Waals surface area contributed by atoms with E-state index in [-0.39, 0.29) is 31.2 Å². The molecule has 6 nitrogen and oxygen atoms in total. The van der Waals surface area contributed by atoms with E-state index in [0.717, 1.165) is 11.4 Å². The van der Waals surface area contributed by atoms with E-state index in [4.69, 9.17) is 19.9 Å². The van der Waals surface area contributed by atoms with Crippen molar-refractivity contribution in [2.24, 2.45) is 10.7 Å². The van der Waals surface area contributed by atoms with Gasteiger partial charge in [0.1, 0.15) is 17.3 Å². The lowest BCUT2D eigenvalue weighted by Crippen LogP contribution is -2.22. The van der Waals surface area contributed by atoms with Gasteiger partial charge in [-0.1, -0.05) is 0 Å². The van der Waals surface area contributed by atoms with Crippen LogP contribution in [0.25, 0.3) is 0 Å². The highest BCUT2D eigenvalue weighted by Crippen LogP contribution is 2.30. The van der Waals surface area contributed by atoms with E-state index in [1.165, 1.54) is 12.1 Å². The van der Waals surface area contributed by atoms with Crippen LogP contribution in [0.4, 0.5) is 10.1 Å². The number of nitrogens with two attached hydrogens (primary N) is 1. The monoisotopic (exact) mass is 359 g/mol. The summed E-state index contributed by atoms with van der Waals surface area (Å²) < 4.78 is 30.0. The molecule has 0 atom stereocenters. The molecule has 1 aliphatic heterocycles. The Labute approximate surface area is 151 Å². The molecule has 138 valence electrons. The summed E-state index contributed by atoms with van der Waals surface area (Å²) in [5.74, 6) is 1.28. The zero-order valence-corrected chi connectivity index (χ0v) is 14.8. The SMILES string of the molecule is CC(C)Oc1ccc(NC(N)=NCc2cc(F)cc3c2OCOC3)cc1. The van der Waals surface area contributed by atoms with E-state index < -0.39 is 0 Å². The third-order valence-corrected chi connectivity index (χ3v) is 3.67. The highest BCUT2D eigenvalue weighted by atomic mass is 19.1. The number of fused-ring (bicyclic) bond motifs is 1. The molecular formula is C19H22FN3O3. The number of anilines is 1. The molecule has 2 aromatic rings. The predicted octanol–water partition coefficient (Wildman–Crippen LogP) is 3.41. The van der Waals surface area contributed by atoms with Gasteiger partial charge in [-0.05, 0) is 50.2 Å². The maximum absolute atomic E-state index is 13.7. The van der Waals surface area contributed by atoms with Crippen LogP contribution in [0.1, 0.15) is 25.0 Å². The minimum atomic E-state index is -0.352. The number of guanidine groups is 1. The average Bonchev–Trinajstić information content (AvgIpc) is 2.61. The second kappa shape index (κ2) is 8.05. The maximum Gasteiger partial charge on any atom is 0.193 e. The molecule has 0 saturated carbocycles. The van der Waals surface area contributed by atoms with Crippen molar-refractivity contribution in [3.8, 4) is 11.5 Å². The molecule has 7 heteroatoms. The molecule has 0 aliphatic carbocycles. The number of rotatable bonds is 5. The lowest BCUT2D eigenvalue weighted by Gasteiger charge is -2.20. The number of halogens is 1. The maximum atomic E-state index is 13.7. The largest absolute Gasteiger partial charge is 0.491 e. The molecule has 0 fully saturated rings. The van der Waals surface area contributed by atoms with Crippen LogP contribution in [-0.4, -0.2) is 18.9 Å². The summed E-state index contributed by atoms with van der Waals surface area (Å²) >= 11 is 0. The van der Waals surface area contributed by atoms with Crippen LogP contribution in [0.15, 0.2) is 41.4 Å². The van der Waals surface area contributed by atoms with Crippen molar-refractivity contribution in [3.05, 3.63) is 53.3 Å². The van der Waals surface area contributed by atoms with Gasteiger partial charge < -0.3 is 25.3 Å². The van der Waals surface area contributed by atoms with Crippen molar-refractivity contribution >= 4 is 11.6 Å². The average molecular weight is 359 g/mol. The minimum Gasteiger partial charge on any atom is -0.491 e. The van der Waals surface area contributed by atoms with E-state index >= 15 is 0 Å². The molecule has 2 aromatic carbocycles. The zero-order valence-electron chi connectivity index (χ0n) is 14.8. The Kier molecular flexibility index (Phi) is 5.58. The van der Waals surface area contributed by atoms with Gasteiger partial charge in [0.15, 0.2) is 12.8 Å². The molecule has 0 bridgehead atoms. The summed E-state index contributed by atoms with van der Waals surface area (Å²) in [4.78, 5) is 4.27. The van der Waals surface area contributed by atoms with E-state index in [0.29, 0.717) is 23.5 Å². The van der Waals surface area contributed by atoms with Gasteiger partial charge in [-0.25, -0.2) is 9.38 Å². The van der Waals surface area contributed by atoms with Crippen LogP contribution in [0.5, 0.6) is 11.5 Å². The Morgan fingerprint density at radius 2 is 2.08 bits per heavy atom. The van der Waals surface area contributed by atoms with Gasteiger partial charge in [0.25, 0.3) is 0 Å².